The van der Waals surface area contributed by atoms with Crippen LogP contribution < -0.4 is 0 Å². The molecule has 1 aliphatic heterocycles. The summed E-state index contributed by atoms with van der Waals surface area (Å²) in [5.74, 6) is 0. The molecule has 1 heterocycles. The standard InChI is InChI=1S/C26H56N4O2/c1-5-9-13-27(14-10-6-2)21-25(31)23-29-17-19-30(20-18-29)24-26(32)22-28(15-11-7-3)16-12-8-4/h25-26,31-32H,5-24H2,1-4H3. The molecule has 2 N–H and O–H groups in total. The molecular weight excluding hydrogens is 400 g/mol. The largest absolute Gasteiger partial charge is 0.390 e. The van der Waals surface area contributed by atoms with E-state index < -0.39 is 0 Å². The molecule has 1 rings (SSSR count). The molecule has 2 unspecified atom stereocenters. The van der Waals surface area contributed by atoms with Crippen LogP contribution in [0.3, 0.4) is 0 Å². The number of hydrogen-bond acceptors (Lipinski definition) is 6. The van der Waals surface area contributed by atoms with E-state index in [0.717, 1.165) is 78.5 Å². The molecule has 0 aliphatic carbocycles. The lowest BCUT2D eigenvalue weighted by atomic mass is 10.2. The average molecular weight is 457 g/mol. The average Bonchev–Trinajstić information content (AvgIpc) is 2.78. The van der Waals surface area contributed by atoms with Gasteiger partial charge in [0.1, 0.15) is 0 Å². The van der Waals surface area contributed by atoms with Crippen molar-refractivity contribution in [1.82, 2.24) is 19.6 Å². The minimum absolute atomic E-state index is 0.272. The van der Waals surface area contributed by atoms with Crippen LogP contribution in [-0.4, -0.2) is 121 Å². The summed E-state index contributed by atoms with van der Waals surface area (Å²) in [4.78, 5) is 9.71. The van der Waals surface area contributed by atoms with Crippen molar-refractivity contribution >= 4 is 0 Å². The lowest BCUT2D eigenvalue weighted by Crippen LogP contribution is -2.52. The zero-order valence-corrected chi connectivity index (χ0v) is 22.0. The zero-order valence-electron chi connectivity index (χ0n) is 22.0. The number of hydrogen-bond donors (Lipinski definition) is 2. The van der Waals surface area contributed by atoms with Crippen molar-refractivity contribution < 1.29 is 10.2 Å². The van der Waals surface area contributed by atoms with Gasteiger partial charge < -0.3 is 20.0 Å². The Kier molecular flexibility index (Phi) is 17.8. The van der Waals surface area contributed by atoms with Crippen molar-refractivity contribution in [2.45, 2.75) is 91.3 Å². The number of aliphatic hydroxyl groups excluding tert-OH is 2. The topological polar surface area (TPSA) is 53.4 Å². The van der Waals surface area contributed by atoms with Crippen LogP contribution in [0.15, 0.2) is 0 Å². The Bertz CT molecular complexity index is 365. The summed E-state index contributed by atoms with van der Waals surface area (Å²) in [5.41, 5.74) is 0. The molecule has 192 valence electrons. The van der Waals surface area contributed by atoms with Crippen molar-refractivity contribution in [3.63, 3.8) is 0 Å². The molecule has 0 bridgehead atoms. The van der Waals surface area contributed by atoms with Gasteiger partial charge in [-0.2, -0.15) is 0 Å². The molecule has 0 aromatic heterocycles. The molecule has 0 aromatic carbocycles. The van der Waals surface area contributed by atoms with E-state index in [-0.39, 0.29) is 12.2 Å². The van der Waals surface area contributed by atoms with Crippen LogP contribution in [0.5, 0.6) is 0 Å². The highest BCUT2D eigenvalue weighted by Gasteiger charge is 2.22. The molecule has 1 aliphatic rings. The Morgan fingerprint density at radius 3 is 1.09 bits per heavy atom. The van der Waals surface area contributed by atoms with Crippen LogP contribution in [0, 0.1) is 0 Å². The molecule has 0 radical (unpaired) electrons. The van der Waals surface area contributed by atoms with Crippen molar-refractivity contribution in [3.05, 3.63) is 0 Å². The molecule has 2 atom stereocenters. The van der Waals surface area contributed by atoms with E-state index in [1.807, 2.05) is 0 Å². The van der Waals surface area contributed by atoms with Crippen LogP contribution >= 0.6 is 0 Å². The third kappa shape index (κ3) is 14.1. The Balaban J connectivity index is 2.32. The minimum atomic E-state index is -0.272. The van der Waals surface area contributed by atoms with E-state index in [2.05, 4.69) is 47.3 Å². The maximum Gasteiger partial charge on any atom is 0.0793 e. The first kappa shape index (κ1) is 29.8. The fraction of sp³-hybridized carbons (Fsp3) is 1.00. The first-order valence-electron chi connectivity index (χ1n) is 13.8. The van der Waals surface area contributed by atoms with E-state index in [4.69, 9.17) is 0 Å². The molecule has 0 amide bonds. The number of aliphatic hydroxyl groups is 2. The van der Waals surface area contributed by atoms with E-state index in [9.17, 15) is 10.2 Å². The van der Waals surface area contributed by atoms with Gasteiger partial charge in [0.05, 0.1) is 12.2 Å². The van der Waals surface area contributed by atoms with Gasteiger partial charge in [-0.25, -0.2) is 0 Å². The number of β-amino-alcohol motifs (C(OH)–C–C–N with tert-alkyl or cyclic N) is 2. The fourth-order valence-corrected chi connectivity index (χ4v) is 4.58. The Morgan fingerprint density at radius 1 is 0.562 bits per heavy atom. The first-order valence-corrected chi connectivity index (χ1v) is 13.8. The van der Waals surface area contributed by atoms with Gasteiger partial charge in [0.25, 0.3) is 0 Å². The molecule has 6 nitrogen and oxygen atoms in total. The maximum atomic E-state index is 10.7. The highest BCUT2D eigenvalue weighted by molar-refractivity contribution is 4.78. The third-order valence-corrected chi connectivity index (χ3v) is 6.65. The van der Waals surface area contributed by atoms with Gasteiger partial charge in [0.2, 0.25) is 0 Å². The molecule has 6 heteroatoms. The van der Waals surface area contributed by atoms with Gasteiger partial charge in [-0.3, -0.25) is 9.80 Å². The highest BCUT2D eigenvalue weighted by atomic mass is 16.3. The molecule has 1 saturated heterocycles. The summed E-state index contributed by atoms with van der Waals surface area (Å²) in [6.07, 6.45) is 9.15. The van der Waals surface area contributed by atoms with E-state index >= 15 is 0 Å². The molecule has 1 fully saturated rings. The van der Waals surface area contributed by atoms with Crippen LogP contribution in [0.4, 0.5) is 0 Å². The predicted octanol–water partition coefficient (Wildman–Crippen LogP) is 3.13. The SMILES string of the molecule is CCCCN(CCCC)CC(O)CN1CCN(CC(O)CN(CCCC)CCCC)CC1. The Labute approximate surface area is 199 Å². The quantitative estimate of drug-likeness (QED) is 0.294. The van der Waals surface area contributed by atoms with Gasteiger partial charge >= 0.3 is 0 Å². The van der Waals surface area contributed by atoms with Crippen molar-refractivity contribution in [2.75, 3.05) is 78.5 Å². The zero-order chi connectivity index (χ0) is 23.6. The van der Waals surface area contributed by atoms with Crippen LogP contribution in [-0.2, 0) is 0 Å². The van der Waals surface area contributed by atoms with Gasteiger partial charge in [0.15, 0.2) is 0 Å². The second-order valence-corrected chi connectivity index (χ2v) is 9.92. The second-order valence-electron chi connectivity index (χ2n) is 9.92. The monoisotopic (exact) mass is 456 g/mol. The molecule has 0 saturated carbocycles. The summed E-state index contributed by atoms with van der Waals surface area (Å²) >= 11 is 0. The number of piperazine rings is 1. The van der Waals surface area contributed by atoms with Gasteiger partial charge in [0, 0.05) is 52.4 Å². The molecule has 0 spiro atoms. The predicted molar refractivity (Wildman–Crippen MR) is 137 cm³/mol. The van der Waals surface area contributed by atoms with Gasteiger partial charge in [-0.1, -0.05) is 53.4 Å². The first-order chi connectivity index (χ1) is 15.5. The lowest BCUT2D eigenvalue weighted by molar-refractivity contribution is 0.0279. The van der Waals surface area contributed by atoms with Gasteiger partial charge in [-0.05, 0) is 51.9 Å². The molecule has 0 aromatic rings. The van der Waals surface area contributed by atoms with Crippen LogP contribution in [0.2, 0.25) is 0 Å². The highest BCUT2D eigenvalue weighted by Crippen LogP contribution is 2.08. The van der Waals surface area contributed by atoms with Crippen molar-refractivity contribution in [1.29, 1.82) is 0 Å². The van der Waals surface area contributed by atoms with Crippen LogP contribution in [0.25, 0.3) is 0 Å². The number of nitrogens with zero attached hydrogens (tertiary/aromatic N) is 4. The second kappa shape index (κ2) is 19.1. The van der Waals surface area contributed by atoms with Crippen molar-refractivity contribution in [2.24, 2.45) is 0 Å². The molecule has 32 heavy (non-hydrogen) atoms. The normalized spacial score (nSPS) is 18.0. The minimum Gasteiger partial charge on any atom is -0.390 e. The van der Waals surface area contributed by atoms with E-state index in [1.54, 1.807) is 0 Å². The van der Waals surface area contributed by atoms with Gasteiger partial charge in [-0.15, -0.1) is 0 Å². The summed E-state index contributed by atoms with van der Waals surface area (Å²) in [5, 5.41) is 21.4. The number of rotatable bonds is 20. The van der Waals surface area contributed by atoms with E-state index in [1.165, 1.54) is 51.4 Å². The molecular formula is C26H56N4O2. The lowest BCUT2D eigenvalue weighted by Gasteiger charge is -2.37. The summed E-state index contributed by atoms with van der Waals surface area (Å²) < 4.78 is 0. The summed E-state index contributed by atoms with van der Waals surface area (Å²) in [6, 6.07) is 0. The Morgan fingerprint density at radius 2 is 0.844 bits per heavy atom. The summed E-state index contributed by atoms with van der Waals surface area (Å²) in [7, 11) is 0. The maximum absolute atomic E-state index is 10.7. The van der Waals surface area contributed by atoms with E-state index in [0.29, 0.717) is 0 Å². The third-order valence-electron chi connectivity index (χ3n) is 6.65. The van der Waals surface area contributed by atoms with Crippen molar-refractivity contribution in [3.8, 4) is 0 Å². The Hall–Kier alpha value is -0.240. The smallest absolute Gasteiger partial charge is 0.0793 e. The number of unbranched alkanes of at least 4 members (excludes halogenated alkanes) is 4. The van der Waals surface area contributed by atoms with Crippen LogP contribution in [0.1, 0.15) is 79.1 Å². The summed E-state index contributed by atoms with van der Waals surface area (Å²) in [6.45, 7) is 20.4. The fourth-order valence-electron chi connectivity index (χ4n) is 4.58.